The highest BCUT2D eigenvalue weighted by Gasteiger charge is 2.24. The molecule has 0 aromatic heterocycles. The predicted octanol–water partition coefficient (Wildman–Crippen LogP) is 1.57. The van der Waals surface area contributed by atoms with E-state index in [1.807, 2.05) is 11.9 Å². The molecule has 17 heavy (non-hydrogen) atoms. The van der Waals surface area contributed by atoms with Gasteiger partial charge in [0.05, 0.1) is 0 Å². The van der Waals surface area contributed by atoms with Gasteiger partial charge >= 0.3 is 6.03 Å². The second kappa shape index (κ2) is 6.24. The third-order valence-corrected chi connectivity index (χ3v) is 4.08. The number of nitrogens with zero attached hydrogens (tertiary/aromatic N) is 1. The summed E-state index contributed by atoms with van der Waals surface area (Å²) in [6, 6.07) is 0.609. The molecule has 1 saturated carbocycles. The van der Waals surface area contributed by atoms with Crippen molar-refractivity contribution in [3.63, 3.8) is 0 Å². The van der Waals surface area contributed by atoms with Gasteiger partial charge in [0, 0.05) is 19.1 Å². The predicted molar refractivity (Wildman–Crippen MR) is 69.0 cm³/mol. The van der Waals surface area contributed by atoms with Crippen molar-refractivity contribution in [1.82, 2.24) is 15.5 Å². The van der Waals surface area contributed by atoms with Gasteiger partial charge in [-0.25, -0.2) is 4.79 Å². The van der Waals surface area contributed by atoms with Gasteiger partial charge in [0.1, 0.15) is 0 Å². The van der Waals surface area contributed by atoms with Gasteiger partial charge in [-0.15, -0.1) is 0 Å². The number of urea groups is 1. The molecule has 0 aromatic carbocycles. The zero-order valence-electron chi connectivity index (χ0n) is 10.9. The molecule has 2 fully saturated rings. The van der Waals surface area contributed by atoms with Crippen molar-refractivity contribution in [3.05, 3.63) is 0 Å². The number of likely N-dealkylation sites (tertiary alicyclic amines) is 1. The van der Waals surface area contributed by atoms with E-state index in [1.165, 1.54) is 25.7 Å². The molecule has 2 rings (SSSR count). The lowest BCUT2D eigenvalue weighted by Gasteiger charge is -2.32. The first kappa shape index (κ1) is 12.7. The van der Waals surface area contributed by atoms with E-state index in [-0.39, 0.29) is 6.03 Å². The van der Waals surface area contributed by atoms with Gasteiger partial charge in [-0.05, 0) is 45.2 Å². The van der Waals surface area contributed by atoms with Crippen molar-refractivity contribution in [2.45, 2.75) is 44.6 Å². The topological polar surface area (TPSA) is 44.4 Å². The van der Waals surface area contributed by atoms with E-state index in [9.17, 15) is 4.79 Å². The number of hydrogen-bond donors (Lipinski definition) is 2. The summed E-state index contributed by atoms with van der Waals surface area (Å²) >= 11 is 0. The highest BCUT2D eigenvalue weighted by Crippen LogP contribution is 2.19. The van der Waals surface area contributed by atoms with Crippen LogP contribution < -0.4 is 10.6 Å². The van der Waals surface area contributed by atoms with E-state index in [0.717, 1.165) is 38.4 Å². The molecule has 2 amide bonds. The van der Waals surface area contributed by atoms with Gasteiger partial charge in [-0.3, -0.25) is 0 Å². The van der Waals surface area contributed by atoms with Crippen molar-refractivity contribution in [1.29, 1.82) is 0 Å². The molecule has 0 radical (unpaired) electrons. The van der Waals surface area contributed by atoms with Crippen LogP contribution in [0.4, 0.5) is 4.79 Å². The summed E-state index contributed by atoms with van der Waals surface area (Å²) < 4.78 is 0. The molecule has 0 atom stereocenters. The fourth-order valence-corrected chi connectivity index (χ4v) is 2.96. The number of carbonyl (C=O) groups is 1. The Kier molecular flexibility index (Phi) is 4.66. The van der Waals surface area contributed by atoms with Crippen LogP contribution in [0, 0.1) is 5.92 Å². The molecule has 0 spiro atoms. The number of rotatable bonds is 3. The third-order valence-electron chi connectivity index (χ3n) is 4.08. The summed E-state index contributed by atoms with van der Waals surface area (Å²) in [5.41, 5.74) is 0. The summed E-state index contributed by atoms with van der Waals surface area (Å²) in [5, 5.41) is 6.39. The molecule has 1 saturated heterocycles. The van der Waals surface area contributed by atoms with Crippen LogP contribution in [-0.4, -0.2) is 43.7 Å². The van der Waals surface area contributed by atoms with E-state index < -0.39 is 0 Å². The maximum atomic E-state index is 12.0. The Hall–Kier alpha value is -0.770. The SMILES string of the molecule is CNCC1CCN(C(=O)NC2CCCC2)CC1. The van der Waals surface area contributed by atoms with Gasteiger partial charge in [-0.2, -0.15) is 0 Å². The minimum absolute atomic E-state index is 0.166. The van der Waals surface area contributed by atoms with Crippen molar-refractivity contribution in [2.24, 2.45) is 5.92 Å². The van der Waals surface area contributed by atoms with Crippen LogP contribution in [0.3, 0.4) is 0 Å². The van der Waals surface area contributed by atoms with Gasteiger partial charge in [0.25, 0.3) is 0 Å². The van der Waals surface area contributed by atoms with E-state index in [4.69, 9.17) is 0 Å². The number of carbonyl (C=O) groups excluding carboxylic acids is 1. The molecule has 1 aliphatic heterocycles. The van der Waals surface area contributed by atoms with Crippen LogP contribution in [-0.2, 0) is 0 Å². The van der Waals surface area contributed by atoms with Gasteiger partial charge in [-0.1, -0.05) is 12.8 Å². The van der Waals surface area contributed by atoms with Gasteiger partial charge in [0.15, 0.2) is 0 Å². The van der Waals surface area contributed by atoms with Crippen molar-refractivity contribution in [2.75, 3.05) is 26.7 Å². The van der Waals surface area contributed by atoms with Crippen LogP contribution in [0.1, 0.15) is 38.5 Å². The minimum atomic E-state index is 0.166. The summed E-state index contributed by atoms with van der Waals surface area (Å²) in [4.78, 5) is 14.0. The Balaban J connectivity index is 1.70. The van der Waals surface area contributed by atoms with Gasteiger partial charge < -0.3 is 15.5 Å². The molecule has 2 aliphatic rings. The largest absolute Gasteiger partial charge is 0.335 e. The van der Waals surface area contributed by atoms with Crippen LogP contribution in [0.25, 0.3) is 0 Å². The normalized spacial score (nSPS) is 23.0. The fraction of sp³-hybridized carbons (Fsp3) is 0.923. The van der Waals surface area contributed by atoms with Crippen molar-refractivity contribution in [3.8, 4) is 0 Å². The first-order chi connectivity index (χ1) is 8.29. The molecule has 4 heteroatoms. The van der Waals surface area contributed by atoms with Crippen molar-refractivity contribution >= 4 is 6.03 Å². The summed E-state index contributed by atoms with van der Waals surface area (Å²) in [6.45, 7) is 2.92. The molecule has 0 unspecified atom stereocenters. The lowest BCUT2D eigenvalue weighted by atomic mass is 9.97. The maximum absolute atomic E-state index is 12.0. The number of amides is 2. The Bertz CT molecular complexity index is 243. The molecule has 0 aromatic rings. The molecule has 2 N–H and O–H groups in total. The van der Waals surface area contributed by atoms with Crippen LogP contribution in [0.5, 0.6) is 0 Å². The zero-order chi connectivity index (χ0) is 12.1. The van der Waals surface area contributed by atoms with E-state index in [1.54, 1.807) is 0 Å². The second-order valence-corrected chi connectivity index (χ2v) is 5.42. The molecular formula is C13H25N3O. The van der Waals surface area contributed by atoms with E-state index in [2.05, 4.69) is 10.6 Å². The quantitative estimate of drug-likeness (QED) is 0.785. The van der Waals surface area contributed by atoms with E-state index in [0.29, 0.717) is 6.04 Å². The zero-order valence-corrected chi connectivity index (χ0v) is 10.9. The molecular weight excluding hydrogens is 214 g/mol. The molecule has 0 bridgehead atoms. The first-order valence-electron chi connectivity index (χ1n) is 6.99. The Morgan fingerprint density at radius 2 is 1.82 bits per heavy atom. The van der Waals surface area contributed by atoms with Crippen LogP contribution >= 0.6 is 0 Å². The minimum Gasteiger partial charge on any atom is -0.335 e. The standard InChI is InChI=1S/C13H25N3O/c1-14-10-11-6-8-16(9-7-11)13(17)15-12-4-2-3-5-12/h11-12,14H,2-10H2,1H3,(H,15,17). The third kappa shape index (κ3) is 3.60. The smallest absolute Gasteiger partial charge is 0.317 e. The number of nitrogens with one attached hydrogen (secondary N) is 2. The summed E-state index contributed by atoms with van der Waals surface area (Å²) in [6.07, 6.45) is 7.16. The lowest BCUT2D eigenvalue weighted by Crippen LogP contribution is -2.48. The molecule has 1 heterocycles. The Morgan fingerprint density at radius 1 is 1.18 bits per heavy atom. The first-order valence-corrected chi connectivity index (χ1v) is 6.99. The molecule has 1 aliphatic carbocycles. The molecule has 4 nitrogen and oxygen atoms in total. The van der Waals surface area contributed by atoms with Gasteiger partial charge in [0.2, 0.25) is 0 Å². The van der Waals surface area contributed by atoms with Crippen molar-refractivity contribution < 1.29 is 4.79 Å². The van der Waals surface area contributed by atoms with Crippen LogP contribution in [0.2, 0.25) is 0 Å². The Labute approximate surface area is 104 Å². The number of hydrogen-bond acceptors (Lipinski definition) is 2. The summed E-state index contributed by atoms with van der Waals surface area (Å²) in [5.74, 6) is 0.746. The Morgan fingerprint density at radius 3 is 2.41 bits per heavy atom. The summed E-state index contributed by atoms with van der Waals surface area (Å²) in [7, 11) is 2.00. The average Bonchev–Trinajstić information content (AvgIpc) is 2.83. The highest BCUT2D eigenvalue weighted by atomic mass is 16.2. The molecule has 98 valence electrons. The second-order valence-electron chi connectivity index (χ2n) is 5.42. The maximum Gasteiger partial charge on any atom is 0.317 e. The van der Waals surface area contributed by atoms with Crippen LogP contribution in [0.15, 0.2) is 0 Å². The average molecular weight is 239 g/mol. The van der Waals surface area contributed by atoms with E-state index >= 15 is 0 Å². The fourth-order valence-electron chi connectivity index (χ4n) is 2.96. The number of piperidine rings is 1. The lowest BCUT2D eigenvalue weighted by molar-refractivity contribution is 0.167. The highest BCUT2D eigenvalue weighted by molar-refractivity contribution is 5.74. The monoisotopic (exact) mass is 239 g/mol.